The number of rotatable bonds is 7. The highest BCUT2D eigenvalue weighted by molar-refractivity contribution is 5.77. The average Bonchev–Trinajstić information content (AvgIpc) is 3.45. The van der Waals surface area contributed by atoms with Gasteiger partial charge in [-0.3, -0.25) is 0 Å². The first-order valence-electron chi connectivity index (χ1n) is 12.5. The molecule has 5 rings (SSSR count). The van der Waals surface area contributed by atoms with E-state index in [2.05, 4.69) is 38.9 Å². The largest absolute Gasteiger partial charge is 0.469 e. The fourth-order valence-electron chi connectivity index (χ4n) is 4.44. The molecule has 0 unspecified atom stereocenters. The molecule has 1 aliphatic rings. The first-order chi connectivity index (χ1) is 18.5. The van der Waals surface area contributed by atoms with Crippen molar-refractivity contribution in [2.45, 2.75) is 18.6 Å². The molecule has 0 aliphatic carbocycles. The number of pyridine rings is 1. The minimum atomic E-state index is -0.217. The predicted octanol–water partition coefficient (Wildman–Crippen LogP) is 4.09. The number of amides is 1. The highest BCUT2D eigenvalue weighted by atomic mass is 16.5. The Morgan fingerprint density at radius 2 is 1.97 bits per heavy atom. The molecule has 1 aliphatic heterocycles. The minimum absolute atomic E-state index is 0.0491. The van der Waals surface area contributed by atoms with E-state index < -0.39 is 0 Å². The summed E-state index contributed by atoms with van der Waals surface area (Å²) in [5.74, 6) is 0.539. The van der Waals surface area contributed by atoms with Crippen LogP contribution in [0.2, 0.25) is 0 Å². The van der Waals surface area contributed by atoms with Gasteiger partial charge in [0.15, 0.2) is 0 Å². The van der Waals surface area contributed by atoms with Crippen LogP contribution in [-0.4, -0.2) is 59.0 Å². The van der Waals surface area contributed by atoms with E-state index in [-0.39, 0.29) is 18.2 Å². The average molecular weight is 508 g/mol. The predicted molar refractivity (Wildman–Crippen MR) is 145 cm³/mol. The van der Waals surface area contributed by atoms with E-state index in [1.54, 1.807) is 32.7 Å². The molecule has 9 heteroatoms. The second-order valence-corrected chi connectivity index (χ2v) is 9.37. The smallest absolute Gasteiger partial charge is 0.344 e. The van der Waals surface area contributed by atoms with Gasteiger partial charge in [-0.05, 0) is 42.3 Å². The van der Waals surface area contributed by atoms with Crippen LogP contribution < -0.4 is 15.4 Å². The maximum Gasteiger partial charge on any atom is 0.344 e. The fourth-order valence-corrected chi connectivity index (χ4v) is 4.44. The van der Waals surface area contributed by atoms with E-state index in [1.165, 1.54) is 15.1 Å². The van der Waals surface area contributed by atoms with E-state index in [0.717, 1.165) is 35.3 Å². The van der Waals surface area contributed by atoms with Crippen molar-refractivity contribution in [1.82, 2.24) is 25.0 Å². The summed E-state index contributed by atoms with van der Waals surface area (Å²) < 4.78 is 7.70. The summed E-state index contributed by atoms with van der Waals surface area (Å²) in [7, 11) is 3.37. The molecule has 9 nitrogen and oxygen atoms in total. The summed E-state index contributed by atoms with van der Waals surface area (Å²) in [5.41, 5.74) is 5.41. The molecule has 38 heavy (non-hydrogen) atoms. The van der Waals surface area contributed by atoms with Gasteiger partial charge >= 0.3 is 6.03 Å². The lowest BCUT2D eigenvalue weighted by molar-refractivity contribution is 0.150. The SMILES string of the molecule is CN(C)C(=O)n1cc(-c2cnc3c(c2)NC[C@@H]([C@H](NCCc2ccc(C#N)cc2)c2ccccc2)O3)cn1. The van der Waals surface area contributed by atoms with Crippen molar-refractivity contribution in [2.75, 3.05) is 32.5 Å². The van der Waals surface area contributed by atoms with Gasteiger partial charge in [0.1, 0.15) is 6.10 Å². The second kappa shape index (κ2) is 11.2. The molecule has 0 bridgehead atoms. The Bertz CT molecular complexity index is 1440. The Morgan fingerprint density at radius 3 is 2.71 bits per heavy atom. The lowest BCUT2D eigenvalue weighted by Crippen LogP contribution is -2.43. The van der Waals surface area contributed by atoms with E-state index in [1.807, 2.05) is 48.5 Å². The molecule has 2 aromatic heterocycles. The van der Waals surface area contributed by atoms with Gasteiger partial charge in [-0.1, -0.05) is 42.5 Å². The Hall–Kier alpha value is -4.68. The van der Waals surface area contributed by atoms with Gasteiger partial charge < -0.3 is 20.3 Å². The number of ether oxygens (including phenoxy) is 1. The molecule has 2 N–H and O–H groups in total. The number of aromatic nitrogens is 3. The van der Waals surface area contributed by atoms with Gasteiger partial charge in [0.05, 0.1) is 36.1 Å². The summed E-state index contributed by atoms with van der Waals surface area (Å²) >= 11 is 0. The Morgan fingerprint density at radius 1 is 1.18 bits per heavy atom. The molecular weight excluding hydrogens is 478 g/mol. The number of nitriles is 1. The summed E-state index contributed by atoms with van der Waals surface area (Å²) in [6.07, 6.45) is 5.74. The van der Waals surface area contributed by atoms with E-state index in [4.69, 9.17) is 10.00 Å². The summed E-state index contributed by atoms with van der Waals surface area (Å²) in [5, 5.41) is 20.4. The van der Waals surface area contributed by atoms with Crippen LogP contribution in [0.15, 0.2) is 79.3 Å². The normalized spacial score (nSPS) is 14.9. The number of nitrogens with one attached hydrogen (secondary N) is 2. The molecule has 1 amide bonds. The quantitative estimate of drug-likeness (QED) is 0.388. The van der Waals surface area contributed by atoms with Crippen molar-refractivity contribution in [1.29, 1.82) is 5.26 Å². The summed E-state index contributed by atoms with van der Waals surface area (Å²) in [6, 6.07) is 21.8. The number of carbonyl (C=O) groups is 1. The van der Waals surface area contributed by atoms with Crippen LogP contribution >= 0.6 is 0 Å². The number of hydrogen-bond acceptors (Lipinski definition) is 7. The first kappa shape index (κ1) is 25.0. The molecule has 0 radical (unpaired) electrons. The molecule has 0 spiro atoms. The number of nitrogens with zero attached hydrogens (tertiary/aromatic N) is 5. The third kappa shape index (κ3) is 5.51. The monoisotopic (exact) mass is 507 g/mol. The third-order valence-electron chi connectivity index (χ3n) is 6.49. The zero-order valence-corrected chi connectivity index (χ0v) is 21.3. The van der Waals surface area contributed by atoms with Gasteiger partial charge in [0, 0.05) is 37.6 Å². The van der Waals surface area contributed by atoms with E-state index in [9.17, 15) is 4.79 Å². The van der Waals surface area contributed by atoms with Gasteiger partial charge in [-0.25, -0.2) is 9.78 Å². The van der Waals surface area contributed by atoms with Crippen LogP contribution in [0.1, 0.15) is 22.7 Å². The van der Waals surface area contributed by atoms with Crippen molar-refractivity contribution < 1.29 is 9.53 Å². The zero-order valence-electron chi connectivity index (χ0n) is 21.3. The van der Waals surface area contributed by atoms with Crippen LogP contribution in [0.5, 0.6) is 5.88 Å². The van der Waals surface area contributed by atoms with Crippen LogP contribution in [0, 0.1) is 11.3 Å². The van der Waals surface area contributed by atoms with Gasteiger partial charge in [0.25, 0.3) is 0 Å². The molecule has 3 heterocycles. The van der Waals surface area contributed by atoms with Crippen molar-refractivity contribution in [2.24, 2.45) is 0 Å². The van der Waals surface area contributed by atoms with Crippen molar-refractivity contribution in [3.05, 3.63) is 95.9 Å². The zero-order chi connectivity index (χ0) is 26.5. The number of anilines is 1. The Labute approximate surface area is 221 Å². The Balaban J connectivity index is 1.29. The second-order valence-electron chi connectivity index (χ2n) is 9.37. The molecule has 2 atom stereocenters. The Kier molecular flexibility index (Phi) is 7.33. The maximum atomic E-state index is 12.2. The van der Waals surface area contributed by atoms with Crippen LogP contribution in [-0.2, 0) is 6.42 Å². The number of fused-ring (bicyclic) bond motifs is 1. The van der Waals surface area contributed by atoms with Crippen LogP contribution in [0.4, 0.5) is 10.5 Å². The molecule has 2 aromatic carbocycles. The van der Waals surface area contributed by atoms with Crippen LogP contribution in [0.25, 0.3) is 11.1 Å². The third-order valence-corrected chi connectivity index (χ3v) is 6.49. The topological polar surface area (TPSA) is 108 Å². The summed E-state index contributed by atoms with van der Waals surface area (Å²) in [4.78, 5) is 18.2. The van der Waals surface area contributed by atoms with E-state index in [0.29, 0.717) is 18.0 Å². The molecule has 0 fully saturated rings. The lowest BCUT2D eigenvalue weighted by atomic mass is 9.99. The molecule has 4 aromatic rings. The van der Waals surface area contributed by atoms with Gasteiger partial charge in [-0.15, -0.1) is 0 Å². The molecule has 0 saturated heterocycles. The number of carbonyl (C=O) groups excluding carboxylic acids is 1. The van der Waals surface area contributed by atoms with E-state index >= 15 is 0 Å². The van der Waals surface area contributed by atoms with Crippen LogP contribution in [0.3, 0.4) is 0 Å². The minimum Gasteiger partial charge on any atom is -0.469 e. The summed E-state index contributed by atoms with van der Waals surface area (Å²) in [6.45, 7) is 1.35. The van der Waals surface area contributed by atoms with Gasteiger partial charge in [0.2, 0.25) is 5.88 Å². The highest BCUT2D eigenvalue weighted by Crippen LogP contribution is 2.34. The standard InChI is InChI=1S/C29H29N7O2/c1-35(2)29(37)36-19-24(17-34-36)23-14-25-28(33-16-23)38-26(18-32-25)27(22-6-4-3-5-7-22)31-13-12-20-8-10-21(15-30)11-9-20/h3-11,14,16-17,19,26-27,31-32H,12-13,18H2,1-2H3/t26-,27+/m0/s1. The van der Waals surface area contributed by atoms with Gasteiger partial charge in [-0.2, -0.15) is 15.0 Å². The van der Waals surface area contributed by atoms with Crippen molar-refractivity contribution in [3.63, 3.8) is 0 Å². The first-order valence-corrected chi connectivity index (χ1v) is 12.5. The lowest BCUT2D eigenvalue weighted by Gasteiger charge is -2.33. The van der Waals surface area contributed by atoms with Crippen molar-refractivity contribution in [3.8, 4) is 23.1 Å². The molecule has 0 saturated carbocycles. The molecule has 192 valence electrons. The number of benzene rings is 2. The van der Waals surface area contributed by atoms with Crippen molar-refractivity contribution >= 4 is 11.7 Å². The highest BCUT2D eigenvalue weighted by Gasteiger charge is 2.29. The fraction of sp³-hybridized carbons (Fsp3) is 0.241. The maximum absolute atomic E-state index is 12.2. The molecular formula is C29H29N7O2. The number of hydrogen-bond donors (Lipinski definition) is 2.